The van der Waals surface area contributed by atoms with Gasteiger partial charge in [-0.2, -0.15) is 0 Å². The number of hydrogen-bond donors (Lipinski definition) is 0. The Bertz CT molecular complexity index is 704. The summed E-state index contributed by atoms with van der Waals surface area (Å²) in [7, 11) is 1.62. The van der Waals surface area contributed by atoms with E-state index in [1.54, 1.807) is 13.1 Å². The predicted octanol–water partition coefficient (Wildman–Crippen LogP) is 3.89. The van der Waals surface area contributed by atoms with E-state index in [1.807, 2.05) is 36.4 Å². The van der Waals surface area contributed by atoms with Crippen molar-refractivity contribution in [3.63, 3.8) is 0 Å². The van der Waals surface area contributed by atoms with E-state index in [0.29, 0.717) is 18.1 Å². The van der Waals surface area contributed by atoms with Crippen LogP contribution in [0.5, 0.6) is 0 Å². The zero-order valence-corrected chi connectivity index (χ0v) is 14.6. The summed E-state index contributed by atoms with van der Waals surface area (Å²) in [5, 5.41) is 1.90. The van der Waals surface area contributed by atoms with E-state index >= 15 is 0 Å². The number of nitrogens with zero attached hydrogens (tertiary/aromatic N) is 1. The van der Waals surface area contributed by atoms with E-state index in [-0.39, 0.29) is 18.4 Å². The van der Waals surface area contributed by atoms with Crippen molar-refractivity contribution in [1.29, 1.82) is 0 Å². The van der Waals surface area contributed by atoms with E-state index in [0.717, 1.165) is 23.6 Å². The third kappa shape index (κ3) is 4.82. The smallest absolute Gasteiger partial charge is 0.325 e. The van der Waals surface area contributed by atoms with Crippen LogP contribution in [0.4, 0.5) is 0 Å². The maximum atomic E-state index is 12.6. The number of esters is 1. The van der Waals surface area contributed by atoms with Gasteiger partial charge < -0.3 is 9.64 Å². The monoisotopic (exact) mass is 327 g/mol. The highest BCUT2D eigenvalue weighted by Gasteiger charge is 2.17. The van der Waals surface area contributed by atoms with Gasteiger partial charge in [-0.15, -0.1) is 0 Å². The average Bonchev–Trinajstić information content (AvgIpc) is 2.57. The number of ether oxygens (including phenoxy) is 1. The van der Waals surface area contributed by atoms with Crippen molar-refractivity contribution in [3.05, 3.63) is 48.0 Å². The van der Waals surface area contributed by atoms with Gasteiger partial charge in [0, 0.05) is 12.6 Å². The first-order valence-corrected chi connectivity index (χ1v) is 8.38. The summed E-state index contributed by atoms with van der Waals surface area (Å²) in [6.45, 7) is 4.65. The van der Waals surface area contributed by atoms with Crippen LogP contribution in [0.15, 0.2) is 42.5 Å². The number of hydrogen-bond acceptors (Lipinski definition) is 3. The molecule has 0 spiro atoms. The Morgan fingerprint density at radius 2 is 1.79 bits per heavy atom. The van der Waals surface area contributed by atoms with E-state index in [9.17, 15) is 9.59 Å². The normalized spacial score (nSPS) is 10.8. The molecule has 2 aromatic carbocycles. The second-order valence-electron chi connectivity index (χ2n) is 6.44. The first-order chi connectivity index (χ1) is 11.5. The molecule has 0 atom stereocenters. The molecule has 0 N–H and O–H groups in total. The maximum Gasteiger partial charge on any atom is 0.325 e. The van der Waals surface area contributed by atoms with E-state index < -0.39 is 0 Å². The van der Waals surface area contributed by atoms with Crippen molar-refractivity contribution in [2.75, 3.05) is 20.2 Å². The van der Waals surface area contributed by atoms with E-state index in [2.05, 4.69) is 13.8 Å². The third-order valence-corrected chi connectivity index (χ3v) is 3.92. The highest BCUT2D eigenvalue weighted by atomic mass is 16.5. The van der Waals surface area contributed by atoms with Crippen LogP contribution in [0.25, 0.3) is 10.8 Å². The number of amides is 1. The van der Waals surface area contributed by atoms with Crippen LogP contribution in [0.3, 0.4) is 0 Å². The van der Waals surface area contributed by atoms with Gasteiger partial charge in [0.25, 0.3) is 5.91 Å². The second-order valence-corrected chi connectivity index (χ2v) is 6.44. The second kappa shape index (κ2) is 8.48. The largest absolute Gasteiger partial charge is 0.464 e. The minimum Gasteiger partial charge on any atom is -0.464 e. The summed E-state index contributed by atoms with van der Waals surface area (Å²) in [5.41, 5.74) is 0.600. The summed E-state index contributed by atoms with van der Waals surface area (Å²) in [6.07, 6.45) is 1.88. The molecule has 4 nitrogen and oxygen atoms in total. The third-order valence-electron chi connectivity index (χ3n) is 3.92. The minimum absolute atomic E-state index is 0.0380. The Labute approximate surface area is 143 Å². The van der Waals surface area contributed by atoms with Crippen molar-refractivity contribution >= 4 is 22.6 Å². The molecule has 0 heterocycles. The van der Waals surface area contributed by atoms with Crippen LogP contribution < -0.4 is 0 Å². The molecule has 0 radical (unpaired) electrons. The Balaban J connectivity index is 1.95. The molecule has 0 saturated carbocycles. The van der Waals surface area contributed by atoms with Crippen LogP contribution >= 0.6 is 0 Å². The first kappa shape index (κ1) is 18.0. The molecule has 0 aliphatic carbocycles. The van der Waals surface area contributed by atoms with Gasteiger partial charge in [0.05, 0.1) is 6.61 Å². The number of carbonyl (C=O) groups excluding carboxylic acids is 2. The van der Waals surface area contributed by atoms with Crippen LogP contribution in [-0.4, -0.2) is 37.0 Å². The van der Waals surface area contributed by atoms with Crippen molar-refractivity contribution < 1.29 is 14.3 Å². The lowest BCUT2D eigenvalue weighted by Gasteiger charge is -2.17. The van der Waals surface area contributed by atoms with Gasteiger partial charge in [-0.05, 0) is 35.6 Å². The molecule has 0 fully saturated rings. The van der Waals surface area contributed by atoms with Crippen LogP contribution in [0, 0.1) is 5.92 Å². The lowest BCUT2D eigenvalue weighted by atomic mass is 10.0. The zero-order chi connectivity index (χ0) is 17.5. The average molecular weight is 327 g/mol. The van der Waals surface area contributed by atoms with Gasteiger partial charge in [-0.1, -0.05) is 50.2 Å². The molecule has 0 unspecified atom stereocenters. The lowest BCUT2D eigenvalue weighted by molar-refractivity contribution is -0.144. The molecule has 24 heavy (non-hydrogen) atoms. The molecule has 0 aromatic heterocycles. The minimum atomic E-state index is -0.366. The predicted molar refractivity (Wildman–Crippen MR) is 95.9 cm³/mol. The Morgan fingerprint density at radius 1 is 1.08 bits per heavy atom. The van der Waals surface area contributed by atoms with Crippen molar-refractivity contribution in [3.8, 4) is 0 Å². The van der Waals surface area contributed by atoms with Gasteiger partial charge in [-0.3, -0.25) is 9.59 Å². The fourth-order valence-electron chi connectivity index (χ4n) is 2.61. The number of carbonyl (C=O) groups is 2. The summed E-state index contributed by atoms with van der Waals surface area (Å²) in [4.78, 5) is 25.9. The van der Waals surface area contributed by atoms with E-state index in [1.165, 1.54) is 4.90 Å². The molecule has 2 rings (SSSR count). The van der Waals surface area contributed by atoms with E-state index in [4.69, 9.17) is 4.74 Å². The summed E-state index contributed by atoms with van der Waals surface area (Å²) < 4.78 is 5.20. The summed E-state index contributed by atoms with van der Waals surface area (Å²) >= 11 is 0. The highest BCUT2D eigenvalue weighted by Crippen LogP contribution is 2.19. The molecular weight excluding hydrogens is 302 g/mol. The first-order valence-electron chi connectivity index (χ1n) is 8.38. The Hall–Kier alpha value is -2.36. The Morgan fingerprint density at radius 3 is 2.54 bits per heavy atom. The molecule has 0 aliphatic heterocycles. The molecular formula is C20H25NO3. The Kier molecular flexibility index (Phi) is 6.36. The van der Waals surface area contributed by atoms with Crippen molar-refractivity contribution in [1.82, 2.24) is 4.90 Å². The maximum absolute atomic E-state index is 12.6. The lowest BCUT2D eigenvalue weighted by Crippen LogP contribution is -2.33. The molecule has 1 amide bonds. The fourth-order valence-corrected chi connectivity index (χ4v) is 2.61. The van der Waals surface area contributed by atoms with Crippen molar-refractivity contribution in [2.24, 2.45) is 5.92 Å². The number of likely N-dealkylation sites (N-methyl/N-ethyl adjacent to an activating group) is 1. The quantitative estimate of drug-likeness (QED) is 0.572. The molecule has 2 aromatic rings. The number of fused-ring (bicyclic) bond motifs is 1. The zero-order valence-electron chi connectivity index (χ0n) is 14.6. The standard InChI is InChI=1S/C20H25NO3/c1-15(2)8-7-13-24-19(22)14-21(3)20(23)18-12-6-10-16-9-4-5-11-17(16)18/h4-6,9-12,15H,7-8,13-14H2,1-3H3. The molecule has 0 bridgehead atoms. The fraction of sp³-hybridized carbons (Fsp3) is 0.400. The molecule has 4 heteroatoms. The molecule has 0 saturated heterocycles. The van der Waals surface area contributed by atoms with Gasteiger partial charge in [0.15, 0.2) is 0 Å². The molecule has 128 valence electrons. The molecule has 0 aliphatic rings. The number of rotatable bonds is 7. The summed E-state index contributed by atoms with van der Waals surface area (Å²) in [5.74, 6) is 0.0556. The SMILES string of the molecule is CC(C)CCCOC(=O)CN(C)C(=O)c1cccc2ccccc12. The van der Waals surface area contributed by atoms with Gasteiger partial charge >= 0.3 is 5.97 Å². The van der Waals surface area contributed by atoms with Gasteiger partial charge in [0.2, 0.25) is 0 Å². The topological polar surface area (TPSA) is 46.6 Å². The van der Waals surface area contributed by atoms with Gasteiger partial charge in [-0.25, -0.2) is 0 Å². The highest BCUT2D eigenvalue weighted by molar-refractivity contribution is 6.07. The van der Waals surface area contributed by atoms with Crippen LogP contribution in [0.2, 0.25) is 0 Å². The summed E-state index contributed by atoms with van der Waals surface area (Å²) in [6, 6.07) is 13.3. The van der Waals surface area contributed by atoms with Gasteiger partial charge in [0.1, 0.15) is 6.54 Å². The van der Waals surface area contributed by atoms with Crippen LogP contribution in [-0.2, 0) is 9.53 Å². The van der Waals surface area contributed by atoms with Crippen LogP contribution in [0.1, 0.15) is 37.0 Å². The number of benzene rings is 2. The van der Waals surface area contributed by atoms with Crippen molar-refractivity contribution in [2.45, 2.75) is 26.7 Å².